The molecule has 0 unspecified atom stereocenters. The molecule has 0 radical (unpaired) electrons. The molecule has 26 heavy (non-hydrogen) atoms. The predicted molar refractivity (Wildman–Crippen MR) is 105 cm³/mol. The average molecular weight is 384 g/mol. The molecule has 0 bridgehead atoms. The van der Waals surface area contributed by atoms with Crippen LogP contribution in [0.4, 0.5) is 4.39 Å². The highest BCUT2D eigenvalue weighted by atomic mass is 35.5. The van der Waals surface area contributed by atoms with Crippen molar-refractivity contribution in [2.75, 3.05) is 0 Å². The zero-order valence-corrected chi connectivity index (χ0v) is 14.9. The van der Waals surface area contributed by atoms with Crippen LogP contribution in [0.2, 0.25) is 10.0 Å². The van der Waals surface area contributed by atoms with Gasteiger partial charge in [0.15, 0.2) is 5.43 Å². The molecule has 2 aromatic heterocycles. The molecule has 0 N–H and O–H groups in total. The molecule has 0 saturated carbocycles. The van der Waals surface area contributed by atoms with E-state index >= 15 is 0 Å². The van der Waals surface area contributed by atoms with Gasteiger partial charge in [-0.15, -0.1) is 0 Å². The Morgan fingerprint density at radius 3 is 2.19 bits per heavy atom. The van der Waals surface area contributed by atoms with E-state index in [0.717, 1.165) is 0 Å². The highest BCUT2D eigenvalue weighted by molar-refractivity contribution is 6.39. The highest BCUT2D eigenvalue weighted by Gasteiger charge is 2.17. The minimum absolute atomic E-state index is 0.203. The summed E-state index contributed by atoms with van der Waals surface area (Å²) in [5.74, 6) is -0.337. The van der Waals surface area contributed by atoms with Gasteiger partial charge < -0.3 is 4.40 Å². The van der Waals surface area contributed by atoms with E-state index in [1.165, 1.54) is 12.1 Å². The Labute approximate surface area is 159 Å². The maximum absolute atomic E-state index is 14.3. The van der Waals surface area contributed by atoms with Crippen molar-refractivity contribution in [1.29, 1.82) is 0 Å². The molecule has 128 valence electrons. The second-order valence-corrected chi connectivity index (χ2v) is 6.61. The number of benzene rings is 2. The number of rotatable bonds is 2. The average Bonchev–Trinajstić information content (AvgIpc) is 2.63. The van der Waals surface area contributed by atoms with E-state index in [1.54, 1.807) is 65.2 Å². The molecule has 4 rings (SSSR count). The van der Waals surface area contributed by atoms with Crippen LogP contribution in [0.1, 0.15) is 0 Å². The lowest BCUT2D eigenvalue weighted by Crippen LogP contribution is -2.09. The molecule has 2 heterocycles. The number of hydrogen-bond donors (Lipinski definition) is 0. The largest absolute Gasteiger partial charge is 0.316 e. The number of aromatic nitrogens is 1. The number of halogens is 3. The van der Waals surface area contributed by atoms with Gasteiger partial charge in [0, 0.05) is 23.4 Å². The number of fused-ring (bicyclic) bond motifs is 1. The summed E-state index contributed by atoms with van der Waals surface area (Å²) in [5, 5.41) is 0.776. The first-order valence-corrected chi connectivity index (χ1v) is 8.67. The fourth-order valence-electron chi connectivity index (χ4n) is 3.11. The SMILES string of the molecule is O=c1ccn2c(-c3ccccc3F)cccc2c1-c1c(Cl)cccc1Cl. The molecule has 0 fully saturated rings. The Hall–Kier alpha value is -2.62. The van der Waals surface area contributed by atoms with Crippen molar-refractivity contribution >= 4 is 28.7 Å². The minimum atomic E-state index is -0.337. The summed E-state index contributed by atoms with van der Waals surface area (Å²) in [5.41, 5.74) is 2.34. The summed E-state index contributed by atoms with van der Waals surface area (Å²) < 4.78 is 16.1. The predicted octanol–water partition coefficient (Wildman–Crippen LogP) is 6.08. The van der Waals surface area contributed by atoms with Crippen molar-refractivity contribution in [3.05, 3.63) is 99.0 Å². The van der Waals surface area contributed by atoms with Gasteiger partial charge >= 0.3 is 0 Å². The van der Waals surface area contributed by atoms with Crippen LogP contribution >= 0.6 is 23.2 Å². The molecule has 4 aromatic rings. The summed E-state index contributed by atoms with van der Waals surface area (Å²) in [7, 11) is 0. The Balaban J connectivity index is 2.12. The van der Waals surface area contributed by atoms with E-state index in [-0.39, 0.29) is 11.2 Å². The van der Waals surface area contributed by atoms with Crippen molar-refractivity contribution in [2.45, 2.75) is 0 Å². The summed E-state index contributed by atoms with van der Waals surface area (Å²) >= 11 is 12.7. The van der Waals surface area contributed by atoms with Crippen molar-refractivity contribution in [3.63, 3.8) is 0 Å². The monoisotopic (exact) mass is 383 g/mol. The topological polar surface area (TPSA) is 21.5 Å². The quantitative estimate of drug-likeness (QED) is 0.411. The first-order chi connectivity index (χ1) is 12.6. The van der Waals surface area contributed by atoms with E-state index < -0.39 is 0 Å². The van der Waals surface area contributed by atoms with Crippen LogP contribution in [0.5, 0.6) is 0 Å². The molecule has 2 aromatic carbocycles. The third-order valence-electron chi connectivity index (χ3n) is 4.27. The summed E-state index contributed by atoms with van der Waals surface area (Å²) in [6.07, 6.45) is 1.63. The number of hydrogen-bond acceptors (Lipinski definition) is 1. The van der Waals surface area contributed by atoms with E-state index in [4.69, 9.17) is 23.2 Å². The lowest BCUT2D eigenvalue weighted by molar-refractivity contribution is 0.630. The number of nitrogens with zero attached hydrogens (tertiary/aromatic N) is 1. The smallest absolute Gasteiger partial charge is 0.190 e. The van der Waals surface area contributed by atoms with Crippen LogP contribution in [0.15, 0.2) is 77.7 Å². The van der Waals surface area contributed by atoms with Crippen LogP contribution < -0.4 is 5.43 Å². The molecule has 2 nitrogen and oxygen atoms in total. The molecule has 0 aliphatic rings. The Bertz CT molecular complexity index is 1180. The van der Waals surface area contributed by atoms with Crippen LogP contribution in [0, 0.1) is 5.82 Å². The van der Waals surface area contributed by atoms with Crippen molar-refractivity contribution in [1.82, 2.24) is 4.40 Å². The molecule has 0 aliphatic heterocycles. The normalized spacial score (nSPS) is 11.0. The molecular formula is C21H12Cl2FNO. The Kier molecular flexibility index (Phi) is 4.27. The van der Waals surface area contributed by atoms with Gasteiger partial charge in [-0.2, -0.15) is 0 Å². The van der Waals surface area contributed by atoms with Gasteiger partial charge in [-0.1, -0.05) is 47.5 Å². The second-order valence-electron chi connectivity index (χ2n) is 5.80. The van der Waals surface area contributed by atoms with E-state index in [2.05, 4.69) is 0 Å². The molecule has 0 spiro atoms. The van der Waals surface area contributed by atoms with Gasteiger partial charge in [-0.25, -0.2) is 4.39 Å². The standard InChI is InChI=1S/C21H12Cl2FNO/c22-14-6-3-7-15(23)20(14)21-18-10-4-9-17(25(18)12-11-19(21)26)13-5-1-2-8-16(13)24/h1-12H. The third-order valence-corrected chi connectivity index (χ3v) is 4.90. The fourth-order valence-corrected chi connectivity index (χ4v) is 3.70. The summed E-state index contributed by atoms with van der Waals surface area (Å²) in [6.45, 7) is 0. The Morgan fingerprint density at radius 2 is 1.46 bits per heavy atom. The summed E-state index contributed by atoms with van der Waals surface area (Å²) in [4.78, 5) is 12.6. The van der Waals surface area contributed by atoms with Gasteiger partial charge in [0.2, 0.25) is 0 Å². The van der Waals surface area contributed by atoms with Gasteiger partial charge in [-0.05, 0) is 36.4 Å². The van der Waals surface area contributed by atoms with Gasteiger partial charge in [0.05, 0.1) is 26.8 Å². The molecule has 0 saturated heterocycles. The van der Waals surface area contributed by atoms with Crippen LogP contribution in [0.25, 0.3) is 27.9 Å². The maximum atomic E-state index is 14.3. The lowest BCUT2D eigenvalue weighted by Gasteiger charge is -2.14. The van der Waals surface area contributed by atoms with Crippen LogP contribution in [-0.4, -0.2) is 4.40 Å². The lowest BCUT2D eigenvalue weighted by atomic mass is 10.0. The summed E-state index contributed by atoms with van der Waals surface area (Å²) in [6, 6.07) is 18.4. The Morgan fingerprint density at radius 1 is 0.769 bits per heavy atom. The van der Waals surface area contributed by atoms with Crippen molar-refractivity contribution in [2.24, 2.45) is 0 Å². The third kappa shape index (κ3) is 2.70. The fraction of sp³-hybridized carbons (Fsp3) is 0. The zero-order valence-electron chi connectivity index (χ0n) is 13.4. The molecule has 0 amide bonds. The molecule has 0 atom stereocenters. The highest BCUT2D eigenvalue weighted by Crippen LogP contribution is 2.36. The second kappa shape index (κ2) is 6.60. The molecule has 5 heteroatoms. The minimum Gasteiger partial charge on any atom is -0.316 e. The first kappa shape index (κ1) is 16.8. The maximum Gasteiger partial charge on any atom is 0.190 e. The molecular weight excluding hydrogens is 372 g/mol. The van der Waals surface area contributed by atoms with Gasteiger partial charge in [0.25, 0.3) is 0 Å². The van der Waals surface area contributed by atoms with Crippen molar-refractivity contribution < 1.29 is 4.39 Å². The van der Waals surface area contributed by atoms with Gasteiger partial charge in [-0.3, -0.25) is 4.79 Å². The van der Waals surface area contributed by atoms with Gasteiger partial charge in [0.1, 0.15) is 5.82 Å². The van der Waals surface area contributed by atoms with E-state index in [0.29, 0.717) is 37.9 Å². The van der Waals surface area contributed by atoms with Crippen molar-refractivity contribution in [3.8, 4) is 22.4 Å². The van der Waals surface area contributed by atoms with Crippen LogP contribution in [0.3, 0.4) is 0 Å². The van der Waals surface area contributed by atoms with E-state index in [1.807, 2.05) is 0 Å². The zero-order chi connectivity index (χ0) is 18.3. The van der Waals surface area contributed by atoms with E-state index in [9.17, 15) is 9.18 Å². The number of pyridine rings is 2. The molecule has 0 aliphatic carbocycles. The first-order valence-electron chi connectivity index (χ1n) is 7.91. The van der Waals surface area contributed by atoms with Crippen LogP contribution in [-0.2, 0) is 0 Å².